The molecule has 9 heteroatoms. The number of sulfonamides is 1. The predicted molar refractivity (Wildman–Crippen MR) is 91.6 cm³/mol. The fourth-order valence-electron chi connectivity index (χ4n) is 3.08. The highest BCUT2D eigenvalue weighted by Gasteiger charge is 2.34. The maximum Gasteiger partial charge on any atom is 0.251 e. The number of aryl methyl sites for hydroxylation is 2. The minimum absolute atomic E-state index is 0.117. The summed E-state index contributed by atoms with van der Waals surface area (Å²) >= 11 is 0. The zero-order valence-corrected chi connectivity index (χ0v) is 15.3. The van der Waals surface area contributed by atoms with E-state index in [1.807, 2.05) is 0 Å². The summed E-state index contributed by atoms with van der Waals surface area (Å²) in [5.41, 5.74) is 0.714. The van der Waals surface area contributed by atoms with Gasteiger partial charge in [0.1, 0.15) is 16.4 Å². The molecule has 2 heterocycles. The Morgan fingerprint density at radius 3 is 2.38 bits per heavy atom. The van der Waals surface area contributed by atoms with Gasteiger partial charge in [0.25, 0.3) is 5.91 Å². The highest BCUT2D eigenvalue weighted by Crippen LogP contribution is 2.26. The summed E-state index contributed by atoms with van der Waals surface area (Å²) in [6.07, 6.45) is 0.991. The van der Waals surface area contributed by atoms with Gasteiger partial charge in [-0.25, -0.2) is 12.8 Å². The molecule has 7 nitrogen and oxygen atoms in total. The number of nitrogens with one attached hydrogen (secondary N) is 1. The molecule has 1 aromatic carbocycles. The second-order valence-corrected chi connectivity index (χ2v) is 8.19. The van der Waals surface area contributed by atoms with Crippen LogP contribution in [0.2, 0.25) is 0 Å². The third kappa shape index (κ3) is 3.63. The highest BCUT2D eigenvalue weighted by atomic mass is 32.2. The van der Waals surface area contributed by atoms with Crippen molar-refractivity contribution in [3.63, 3.8) is 0 Å². The van der Waals surface area contributed by atoms with Crippen molar-refractivity contribution in [2.75, 3.05) is 13.1 Å². The first-order valence-corrected chi connectivity index (χ1v) is 9.72. The molecule has 3 rings (SSSR count). The number of nitrogens with zero attached hydrogens (tertiary/aromatic N) is 2. The molecule has 1 fully saturated rings. The topological polar surface area (TPSA) is 92.5 Å². The third-order valence-electron chi connectivity index (χ3n) is 4.46. The van der Waals surface area contributed by atoms with Crippen molar-refractivity contribution < 1.29 is 22.1 Å². The number of amides is 1. The number of halogens is 1. The molecular formula is C17H20FN3O4S. The van der Waals surface area contributed by atoms with Gasteiger partial charge in [-0.1, -0.05) is 5.16 Å². The molecular weight excluding hydrogens is 361 g/mol. The van der Waals surface area contributed by atoms with Crippen LogP contribution in [0.4, 0.5) is 4.39 Å². The lowest BCUT2D eigenvalue weighted by atomic mass is 10.1. The molecule has 1 aliphatic heterocycles. The standard InChI is InChI=1S/C17H20FN3O4S/c1-11-16(12(2)25-20-11)26(23,24)21-9-7-15(8-10-21)19-17(22)13-3-5-14(18)6-4-13/h3-6,15H,7-10H2,1-2H3,(H,19,22). The SMILES string of the molecule is Cc1noc(C)c1S(=O)(=O)N1CCC(NC(=O)c2ccc(F)cc2)CC1. The molecule has 1 aromatic heterocycles. The first-order valence-electron chi connectivity index (χ1n) is 8.28. The maximum absolute atomic E-state index is 12.9. The van der Waals surface area contributed by atoms with Crippen LogP contribution >= 0.6 is 0 Å². The zero-order valence-electron chi connectivity index (χ0n) is 14.5. The summed E-state index contributed by atoms with van der Waals surface area (Å²) in [6.45, 7) is 3.75. The largest absolute Gasteiger partial charge is 0.360 e. The Kier molecular flexibility index (Phi) is 5.10. The van der Waals surface area contributed by atoms with E-state index in [0.29, 0.717) is 37.2 Å². The lowest BCUT2D eigenvalue weighted by Gasteiger charge is -2.31. The smallest absolute Gasteiger partial charge is 0.251 e. The van der Waals surface area contributed by atoms with Crippen LogP contribution in [-0.4, -0.2) is 42.9 Å². The van der Waals surface area contributed by atoms with Crippen LogP contribution in [-0.2, 0) is 10.0 Å². The molecule has 0 unspecified atom stereocenters. The van der Waals surface area contributed by atoms with E-state index in [1.54, 1.807) is 13.8 Å². The van der Waals surface area contributed by atoms with Gasteiger partial charge in [-0.2, -0.15) is 4.31 Å². The summed E-state index contributed by atoms with van der Waals surface area (Å²) < 4.78 is 44.8. The Balaban J connectivity index is 1.62. The molecule has 1 N–H and O–H groups in total. The van der Waals surface area contributed by atoms with Crippen LogP contribution in [0.15, 0.2) is 33.7 Å². The second kappa shape index (κ2) is 7.16. The average Bonchev–Trinajstić information content (AvgIpc) is 2.95. The van der Waals surface area contributed by atoms with Gasteiger partial charge in [-0.05, 0) is 51.0 Å². The van der Waals surface area contributed by atoms with Crippen LogP contribution in [0.1, 0.15) is 34.7 Å². The van der Waals surface area contributed by atoms with E-state index in [2.05, 4.69) is 10.5 Å². The summed E-state index contributed by atoms with van der Waals surface area (Å²) in [5, 5.41) is 6.58. The van der Waals surface area contributed by atoms with Gasteiger partial charge in [0.2, 0.25) is 10.0 Å². The molecule has 1 amide bonds. The molecule has 1 aliphatic rings. The van der Waals surface area contributed by atoms with Gasteiger partial charge in [0, 0.05) is 24.7 Å². The average molecular weight is 381 g/mol. The monoisotopic (exact) mass is 381 g/mol. The molecule has 1 saturated heterocycles. The summed E-state index contributed by atoms with van der Waals surface area (Å²) in [7, 11) is -3.67. The number of piperidine rings is 1. The van der Waals surface area contributed by atoms with E-state index < -0.39 is 15.8 Å². The number of hydrogen-bond donors (Lipinski definition) is 1. The molecule has 2 aromatic rings. The lowest BCUT2D eigenvalue weighted by Crippen LogP contribution is -2.46. The summed E-state index contributed by atoms with van der Waals surface area (Å²) in [6, 6.07) is 5.16. The minimum atomic E-state index is -3.67. The molecule has 0 spiro atoms. The van der Waals surface area contributed by atoms with Crippen molar-refractivity contribution in [1.82, 2.24) is 14.8 Å². The maximum atomic E-state index is 12.9. The molecule has 0 aliphatic carbocycles. The molecule has 26 heavy (non-hydrogen) atoms. The molecule has 140 valence electrons. The number of hydrogen-bond acceptors (Lipinski definition) is 5. The van der Waals surface area contributed by atoms with Gasteiger partial charge in [-0.15, -0.1) is 0 Å². The second-order valence-electron chi connectivity index (χ2n) is 6.31. The van der Waals surface area contributed by atoms with Crippen molar-refractivity contribution >= 4 is 15.9 Å². The van der Waals surface area contributed by atoms with Crippen molar-refractivity contribution in [2.45, 2.75) is 37.6 Å². The Morgan fingerprint density at radius 2 is 1.85 bits per heavy atom. The Morgan fingerprint density at radius 1 is 1.23 bits per heavy atom. The number of aromatic nitrogens is 1. The Bertz CT molecular complexity index is 881. The van der Waals surface area contributed by atoms with Crippen LogP contribution in [0, 0.1) is 19.7 Å². The van der Waals surface area contributed by atoms with Crippen molar-refractivity contribution in [3.05, 3.63) is 47.1 Å². The molecule has 0 atom stereocenters. The first-order chi connectivity index (χ1) is 12.3. The van der Waals surface area contributed by atoms with Gasteiger partial charge < -0.3 is 9.84 Å². The Hall–Kier alpha value is -2.26. The number of benzene rings is 1. The van der Waals surface area contributed by atoms with E-state index in [0.717, 1.165) is 0 Å². The van der Waals surface area contributed by atoms with Crippen molar-refractivity contribution in [1.29, 1.82) is 0 Å². The van der Waals surface area contributed by atoms with E-state index in [-0.39, 0.29) is 22.6 Å². The molecule has 0 radical (unpaired) electrons. The zero-order chi connectivity index (χ0) is 18.9. The summed E-state index contributed by atoms with van der Waals surface area (Å²) in [4.78, 5) is 12.3. The van der Waals surface area contributed by atoms with E-state index in [9.17, 15) is 17.6 Å². The molecule has 0 saturated carbocycles. The fraction of sp³-hybridized carbons (Fsp3) is 0.412. The van der Waals surface area contributed by atoms with E-state index in [4.69, 9.17) is 4.52 Å². The first kappa shape index (κ1) is 18.5. The predicted octanol–water partition coefficient (Wildman–Crippen LogP) is 2.01. The summed E-state index contributed by atoms with van der Waals surface area (Å²) in [5.74, 6) is -0.425. The normalized spacial score (nSPS) is 16.6. The minimum Gasteiger partial charge on any atom is -0.360 e. The third-order valence-corrected chi connectivity index (χ3v) is 6.61. The van der Waals surface area contributed by atoms with Crippen LogP contribution < -0.4 is 5.32 Å². The van der Waals surface area contributed by atoms with Gasteiger partial charge >= 0.3 is 0 Å². The van der Waals surface area contributed by atoms with Crippen LogP contribution in [0.5, 0.6) is 0 Å². The van der Waals surface area contributed by atoms with Gasteiger partial charge in [-0.3, -0.25) is 4.79 Å². The highest BCUT2D eigenvalue weighted by molar-refractivity contribution is 7.89. The molecule has 0 bridgehead atoms. The van der Waals surface area contributed by atoms with Crippen molar-refractivity contribution in [3.8, 4) is 0 Å². The quantitative estimate of drug-likeness (QED) is 0.875. The lowest BCUT2D eigenvalue weighted by molar-refractivity contribution is 0.0924. The van der Waals surface area contributed by atoms with E-state index >= 15 is 0 Å². The number of carbonyl (C=O) groups excluding carboxylic acids is 1. The van der Waals surface area contributed by atoms with E-state index in [1.165, 1.54) is 28.6 Å². The Labute approximate surface area is 151 Å². The van der Waals surface area contributed by atoms with Crippen LogP contribution in [0.25, 0.3) is 0 Å². The van der Waals surface area contributed by atoms with Crippen molar-refractivity contribution in [2.24, 2.45) is 0 Å². The fourth-order valence-corrected chi connectivity index (χ4v) is 4.84. The van der Waals surface area contributed by atoms with Gasteiger partial charge in [0.15, 0.2) is 5.76 Å². The number of rotatable bonds is 4. The van der Waals surface area contributed by atoms with Gasteiger partial charge in [0.05, 0.1) is 0 Å². The number of carbonyl (C=O) groups is 1. The van der Waals surface area contributed by atoms with Crippen LogP contribution in [0.3, 0.4) is 0 Å².